The summed E-state index contributed by atoms with van der Waals surface area (Å²) < 4.78 is 10.9. The summed E-state index contributed by atoms with van der Waals surface area (Å²) in [5.74, 6) is 0. The molecule has 1 aromatic carbocycles. The van der Waals surface area contributed by atoms with Crippen LogP contribution in [0.1, 0.15) is 0 Å². The smallest absolute Gasteiger partial charge is 0.255 e. The zero-order chi connectivity index (χ0) is 9.56. The van der Waals surface area contributed by atoms with Crippen LogP contribution in [0, 0.1) is 0 Å². The molecule has 0 saturated carbocycles. The predicted molar refractivity (Wildman–Crippen MR) is 50.3 cm³/mol. The first-order chi connectivity index (χ1) is 5.72. The molecule has 0 heterocycles. The Hall–Kier alpha value is -0.695. The first-order valence-electron chi connectivity index (χ1n) is 3.17. The highest BCUT2D eigenvalue weighted by Crippen LogP contribution is 2.09. The quantitative estimate of drug-likeness (QED) is 0.289. The highest BCUT2D eigenvalue weighted by Gasteiger charge is 2.12. The van der Waals surface area contributed by atoms with Crippen molar-refractivity contribution in [2.45, 2.75) is 0 Å². The molecule has 0 aromatic heterocycles. The van der Waals surface area contributed by atoms with E-state index in [2.05, 4.69) is 0 Å². The molecule has 2 radical (unpaired) electrons. The lowest BCUT2D eigenvalue weighted by atomic mass is 9.97. The molecule has 5 heteroatoms. The van der Waals surface area contributed by atoms with Crippen molar-refractivity contribution in [3.8, 4) is 0 Å². The minimum atomic E-state index is -1.29. The van der Waals surface area contributed by atoms with Crippen molar-refractivity contribution in [1.29, 1.82) is 0 Å². The van der Waals surface area contributed by atoms with E-state index in [-0.39, 0.29) is 0 Å². The van der Waals surface area contributed by atoms with Gasteiger partial charge < -0.3 is 0 Å². The van der Waals surface area contributed by atoms with Crippen LogP contribution >= 0.6 is 7.80 Å². The molecule has 0 amide bonds. The molecule has 1 rings (SSSR count). The Morgan fingerprint density at radius 1 is 1.33 bits per heavy atom. The third kappa shape index (κ3) is 3.14. The van der Waals surface area contributed by atoms with Gasteiger partial charge in [0.05, 0.1) is 0 Å². The van der Waals surface area contributed by atoms with E-state index in [0.717, 1.165) is 5.30 Å². The maximum atomic E-state index is 10.9. The summed E-state index contributed by atoms with van der Waals surface area (Å²) in [6, 6.07) is 7.21. The van der Waals surface area contributed by atoms with Gasteiger partial charge in [-0.1, -0.05) is 22.8 Å². The normalized spacial score (nSPS) is 9.75. The van der Waals surface area contributed by atoms with Crippen molar-refractivity contribution in [3.63, 3.8) is 0 Å². The predicted octanol–water partition coefficient (Wildman–Crippen LogP) is 0.580. The number of hydrogen-bond donors (Lipinski definition) is 2. The van der Waals surface area contributed by atoms with Crippen LogP contribution in [0.4, 0.5) is 0 Å². The second-order valence-electron chi connectivity index (χ2n) is 2.06. The van der Waals surface area contributed by atoms with Crippen LogP contribution in [-0.2, 0) is 4.57 Å². The molecule has 0 spiro atoms. The molecule has 62 valence electrons. The molecule has 0 aliphatic heterocycles. The fraction of sp³-hybridized carbons (Fsp3) is 0.143. The van der Waals surface area contributed by atoms with E-state index >= 15 is 0 Å². The van der Waals surface area contributed by atoms with E-state index in [1.807, 2.05) is 12.1 Å². The molecule has 0 saturated heterocycles. The van der Waals surface area contributed by atoms with Crippen molar-refractivity contribution in [2.24, 2.45) is 0 Å². The summed E-state index contributed by atoms with van der Waals surface area (Å²) in [7, 11) is 4.25. The second-order valence-corrected chi connectivity index (χ2v) is 3.53. The molecule has 0 aliphatic rings. The van der Waals surface area contributed by atoms with Crippen LogP contribution in [-0.4, -0.2) is 25.0 Å². The van der Waals surface area contributed by atoms with E-state index in [0.29, 0.717) is 5.46 Å². The molecule has 0 bridgehead atoms. The fourth-order valence-corrected chi connectivity index (χ4v) is 1.51. The monoisotopic (exact) mass is 183 g/mol. The lowest BCUT2D eigenvalue weighted by Crippen LogP contribution is -2.20. The first-order valence-corrected chi connectivity index (χ1v) is 4.88. The molecule has 2 N–H and O–H groups in total. The second kappa shape index (κ2) is 5.89. The van der Waals surface area contributed by atoms with E-state index < -0.39 is 7.80 Å². The van der Waals surface area contributed by atoms with Crippen molar-refractivity contribution < 1.29 is 15.1 Å². The number of rotatable bonds is 1. The van der Waals surface area contributed by atoms with E-state index in [4.69, 9.17) is 18.4 Å². The third-order valence-corrected chi connectivity index (χ3v) is 2.36. The van der Waals surface area contributed by atoms with Crippen molar-refractivity contribution in [3.05, 3.63) is 24.3 Å². The molecule has 0 aliphatic carbocycles. The molecule has 1 atom stereocenters. The van der Waals surface area contributed by atoms with Crippen LogP contribution in [0.25, 0.3) is 0 Å². The Morgan fingerprint density at radius 2 is 1.83 bits per heavy atom. The van der Waals surface area contributed by atoms with Gasteiger partial charge in [0.2, 0.25) is 0 Å². The van der Waals surface area contributed by atoms with Crippen LogP contribution < -0.4 is 10.8 Å². The molecular weight excluding hydrogens is 174 g/mol. The zero-order valence-corrected chi connectivity index (χ0v) is 7.53. The summed E-state index contributed by atoms with van der Waals surface area (Å²) in [5, 5.41) is 12.7. The highest BCUT2D eigenvalue weighted by atomic mass is 31.1. The van der Waals surface area contributed by atoms with E-state index in [9.17, 15) is 4.57 Å². The maximum absolute atomic E-state index is 10.9. The van der Waals surface area contributed by atoms with Crippen LogP contribution in [0.3, 0.4) is 0 Å². The summed E-state index contributed by atoms with van der Waals surface area (Å²) in [4.78, 5) is 0. The number of hydrogen-bond acceptors (Lipinski definition) is 3. The zero-order valence-electron chi connectivity index (χ0n) is 6.64. The lowest BCUT2D eigenvalue weighted by Gasteiger charge is -1.89. The largest absolute Gasteiger partial charge is 0.373 e. The Bertz CT molecular complexity index is 265. The summed E-state index contributed by atoms with van der Waals surface area (Å²) in [5.41, 5.74) is 0.617. The topological polar surface area (TPSA) is 57.5 Å². The van der Waals surface area contributed by atoms with Gasteiger partial charge >= 0.3 is 7.80 Å². The molecule has 1 unspecified atom stereocenters. The Labute approximate surface area is 73.2 Å². The van der Waals surface area contributed by atoms with E-state index in [1.165, 1.54) is 0 Å². The lowest BCUT2D eigenvalue weighted by molar-refractivity contribution is -0.176. The highest BCUT2D eigenvalue weighted by molar-refractivity contribution is 7.53. The molecule has 3 nitrogen and oxygen atoms in total. The molecule has 0 fully saturated rings. The fourth-order valence-electron chi connectivity index (χ4n) is 0.774. The van der Waals surface area contributed by atoms with Gasteiger partial charge in [-0.05, 0) is 11.5 Å². The van der Waals surface area contributed by atoms with Gasteiger partial charge in [0.1, 0.15) is 14.5 Å². The van der Waals surface area contributed by atoms with Gasteiger partial charge in [0, 0.05) is 0 Å². The maximum Gasteiger partial charge on any atom is 0.373 e. The van der Waals surface area contributed by atoms with Gasteiger partial charge in [0.15, 0.2) is 5.30 Å². The van der Waals surface area contributed by atoms with Crippen LogP contribution in [0.15, 0.2) is 24.3 Å². The molecular formula is C7H9BO3P+. The van der Waals surface area contributed by atoms with Crippen LogP contribution in [0.5, 0.6) is 0 Å². The van der Waals surface area contributed by atoms with Gasteiger partial charge in [-0.3, -0.25) is 10.5 Å². The summed E-state index contributed by atoms with van der Waals surface area (Å²) in [6.07, 6.45) is 0. The van der Waals surface area contributed by atoms with Crippen molar-refractivity contribution in [1.82, 2.24) is 0 Å². The molecule has 12 heavy (non-hydrogen) atoms. The van der Waals surface area contributed by atoms with Crippen molar-refractivity contribution in [2.75, 3.05) is 6.66 Å². The van der Waals surface area contributed by atoms with Gasteiger partial charge in [-0.15, -0.1) is 0 Å². The average molecular weight is 183 g/mol. The van der Waals surface area contributed by atoms with Gasteiger partial charge in [0.25, 0.3) is 0 Å². The minimum absolute atomic E-state index is 0.617. The Morgan fingerprint density at radius 3 is 2.17 bits per heavy atom. The first kappa shape index (κ1) is 11.3. The Kier molecular flexibility index (Phi) is 5.55. The standard InChI is InChI=1S/C7H7BOP.H2O2/c1-10(9)7-5-3-2-4-6(7)8;1-2/h2-5H,1H3;1-2H/q+1;. The van der Waals surface area contributed by atoms with Gasteiger partial charge in [-0.2, -0.15) is 0 Å². The average Bonchev–Trinajstić information content (AvgIpc) is 2.08. The summed E-state index contributed by atoms with van der Waals surface area (Å²) >= 11 is 0. The molecule has 1 aromatic rings. The minimum Gasteiger partial charge on any atom is -0.255 e. The van der Waals surface area contributed by atoms with Crippen molar-refractivity contribution >= 4 is 26.4 Å². The Balaban J connectivity index is 0.000000561. The summed E-state index contributed by atoms with van der Waals surface area (Å²) in [6.45, 7) is 1.65. The number of benzene rings is 1. The van der Waals surface area contributed by atoms with E-state index in [1.54, 1.807) is 18.8 Å². The van der Waals surface area contributed by atoms with Crippen LogP contribution in [0.2, 0.25) is 0 Å². The van der Waals surface area contributed by atoms with Gasteiger partial charge in [-0.25, -0.2) is 0 Å². The SMILES string of the molecule is OO.[B]c1ccccc1[P+](C)=O. The third-order valence-electron chi connectivity index (χ3n) is 1.28.